The van der Waals surface area contributed by atoms with E-state index in [9.17, 15) is 13.2 Å². The highest BCUT2D eigenvalue weighted by atomic mass is 35.5. The highest BCUT2D eigenvalue weighted by Gasteiger charge is 2.25. The third-order valence-corrected chi connectivity index (χ3v) is 6.29. The highest BCUT2D eigenvalue weighted by Crippen LogP contribution is 2.28. The van der Waals surface area contributed by atoms with Crippen molar-refractivity contribution in [3.63, 3.8) is 0 Å². The van der Waals surface area contributed by atoms with E-state index in [1.165, 1.54) is 12.1 Å². The van der Waals surface area contributed by atoms with Crippen LogP contribution in [0.25, 0.3) is 0 Å². The molecular formula is C15H15Cl2N3O4S. The molecule has 1 amide bonds. The number of aromatic nitrogens is 1. The zero-order valence-electron chi connectivity index (χ0n) is 13.0. The van der Waals surface area contributed by atoms with Crippen LogP contribution in [-0.2, 0) is 27.8 Å². The van der Waals surface area contributed by atoms with Crippen molar-refractivity contribution < 1.29 is 17.7 Å². The van der Waals surface area contributed by atoms with Crippen LogP contribution in [0.5, 0.6) is 0 Å². The lowest BCUT2D eigenvalue weighted by Crippen LogP contribution is -2.37. The monoisotopic (exact) mass is 403 g/mol. The minimum absolute atomic E-state index is 0.0297. The van der Waals surface area contributed by atoms with Crippen LogP contribution in [0.15, 0.2) is 33.8 Å². The molecule has 0 saturated carbocycles. The van der Waals surface area contributed by atoms with Gasteiger partial charge in [0.15, 0.2) is 0 Å². The van der Waals surface area contributed by atoms with Gasteiger partial charge in [0.25, 0.3) is 0 Å². The summed E-state index contributed by atoms with van der Waals surface area (Å²) in [5.74, 6) is 0.637. The number of rotatable bonds is 5. The number of halogens is 2. The van der Waals surface area contributed by atoms with Gasteiger partial charge >= 0.3 is 0 Å². The summed E-state index contributed by atoms with van der Waals surface area (Å²) in [6.07, 6.45) is 2.22. The number of amides is 1. The Balaban J connectivity index is 1.58. The molecule has 1 aromatic carbocycles. The second-order valence-corrected chi connectivity index (χ2v) is 8.06. The van der Waals surface area contributed by atoms with Crippen molar-refractivity contribution in [1.82, 2.24) is 14.8 Å². The highest BCUT2D eigenvalue weighted by molar-refractivity contribution is 7.89. The molecule has 2 heterocycles. The Morgan fingerprint density at radius 3 is 2.76 bits per heavy atom. The minimum atomic E-state index is -3.90. The Morgan fingerprint density at radius 1 is 1.32 bits per heavy atom. The van der Waals surface area contributed by atoms with E-state index in [0.717, 1.165) is 11.3 Å². The quantitative estimate of drug-likeness (QED) is 0.825. The summed E-state index contributed by atoms with van der Waals surface area (Å²) in [6.45, 7) is 0.889. The SMILES string of the molecule is O=C(CCNS(=O)(=O)c1c(Cl)cccc1Cl)N1CCc2oncc2C1. The van der Waals surface area contributed by atoms with Crippen LogP contribution in [0, 0.1) is 0 Å². The van der Waals surface area contributed by atoms with Gasteiger partial charge in [-0.05, 0) is 12.1 Å². The Labute approximate surface area is 154 Å². The lowest BCUT2D eigenvalue weighted by molar-refractivity contribution is -0.132. The maximum Gasteiger partial charge on any atom is 0.243 e. The van der Waals surface area contributed by atoms with Crippen LogP contribution >= 0.6 is 23.2 Å². The number of carbonyl (C=O) groups excluding carboxylic acids is 1. The smallest absolute Gasteiger partial charge is 0.243 e. The normalized spacial score (nSPS) is 14.4. The van der Waals surface area contributed by atoms with Crippen molar-refractivity contribution in [3.05, 3.63) is 45.8 Å². The molecule has 0 atom stereocenters. The van der Waals surface area contributed by atoms with Gasteiger partial charge in [0.1, 0.15) is 10.7 Å². The number of benzene rings is 1. The van der Waals surface area contributed by atoms with Crippen molar-refractivity contribution >= 4 is 39.1 Å². The zero-order valence-corrected chi connectivity index (χ0v) is 15.4. The number of carbonyl (C=O) groups is 1. The fourth-order valence-electron chi connectivity index (χ4n) is 2.62. The lowest BCUT2D eigenvalue weighted by Gasteiger charge is -2.25. The van der Waals surface area contributed by atoms with Crippen molar-refractivity contribution in [2.24, 2.45) is 0 Å². The molecule has 0 bridgehead atoms. The average molecular weight is 404 g/mol. The number of nitrogens with one attached hydrogen (secondary N) is 1. The Kier molecular flexibility index (Phi) is 5.33. The van der Waals surface area contributed by atoms with E-state index in [-0.39, 0.29) is 33.8 Å². The number of hydrogen-bond acceptors (Lipinski definition) is 5. The standard InChI is InChI=1S/C15H15Cl2N3O4S/c16-11-2-1-3-12(17)15(11)25(22,23)19-6-4-14(21)20-7-5-13-10(9-20)8-18-24-13/h1-3,8,19H,4-7,9H2. The first-order valence-corrected chi connectivity index (χ1v) is 9.76. The van der Waals surface area contributed by atoms with E-state index >= 15 is 0 Å². The molecule has 134 valence electrons. The molecule has 1 N–H and O–H groups in total. The number of fused-ring (bicyclic) bond motifs is 1. The van der Waals surface area contributed by atoms with Gasteiger partial charge in [-0.3, -0.25) is 4.79 Å². The van der Waals surface area contributed by atoms with E-state index in [1.807, 2.05) is 0 Å². The third kappa shape index (κ3) is 3.98. The Morgan fingerprint density at radius 2 is 2.04 bits per heavy atom. The zero-order chi connectivity index (χ0) is 18.0. The van der Waals surface area contributed by atoms with Crippen LogP contribution in [-0.4, -0.2) is 37.5 Å². The predicted molar refractivity (Wildman–Crippen MR) is 91.9 cm³/mol. The first-order valence-electron chi connectivity index (χ1n) is 7.52. The van der Waals surface area contributed by atoms with Gasteiger partial charge in [0.2, 0.25) is 15.9 Å². The van der Waals surface area contributed by atoms with Crippen LogP contribution in [0.3, 0.4) is 0 Å². The van der Waals surface area contributed by atoms with Gasteiger partial charge in [0, 0.05) is 31.5 Å². The molecule has 0 spiro atoms. The van der Waals surface area contributed by atoms with E-state index in [4.69, 9.17) is 27.7 Å². The molecule has 0 unspecified atom stereocenters. The Bertz CT molecular complexity index is 878. The van der Waals surface area contributed by atoms with Crippen LogP contribution in [0.2, 0.25) is 10.0 Å². The summed E-state index contributed by atoms with van der Waals surface area (Å²) in [5.41, 5.74) is 0.878. The second kappa shape index (κ2) is 7.33. The topological polar surface area (TPSA) is 92.5 Å². The molecule has 25 heavy (non-hydrogen) atoms. The van der Waals surface area contributed by atoms with Crippen molar-refractivity contribution in [2.75, 3.05) is 13.1 Å². The summed E-state index contributed by atoms with van der Waals surface area (Å²) in [4.78, 5) is 13.7. The summed E-state index contributed by atoms with van der Waals surface area (Å²) >= 11 is 11.8. The molecule has 2 aromatic rings. The molecule has 0 radical (unpaired) electrons. The molecule has 10 heteroatoms. The lowest BCUT2D eigenvalue weighted by atomic mass is 10.1. The Hall–Kier alpha value is -1.61. The van der Waals surface area contributed by atoms with Gasteiger partial charge in [-0.15, -0.1) is 0 Å². The van der Waals surface area contributed by atoms with Crippen molar-refractivity contribution in [2.45, 2.75) is 24.3 Å². The minimum Gasteiger partial charge on any atom is -0.361 e. The molecule has 0 saturated heterocycles. The number of hydrogen-bond donors (Lipinski definition) is 1. The van der Waals surface area contributed by atoms with E-state index < -0.39 is 10.0 Å². The van der Waals surface area contributed by atoms with Crippen molar-refractivity contribution in [1.29, 1.82) is 0 Å². The molecule has 0 fully saturated rings. The van der Waals surface area contributed by atoms with Crippen LogP contribution in [0.1, 0.15) is 17.7 Å². The second-order valence-electron chi connectivity index (χ2n) is 5.54. The summed E-state index contributed by atoms with van der Waals surface area (Å²) in [5, 5.41) is 3.77. The van der Waals surface area contributed by atoms with E-state index in [0.29, 0.717) is 19.5 Å². The largest absolute Gasteiger partial charge is 0.361 e. The van der Waals surface area contributed by atoms with E-state index in [2.05, 4.69) is 9.88 Å². The van der Waals surface area contributed by atoms with Gasteiger partial charge in [-0.2, -0.15) is 0 Å². The molecule has 3 rings (SSSR count). The summed E-state index contributed by atoms with van der Waals surface area (Å²) in [7, 11) is -3.90. The van der Waals surface area contributed by atoms with Crippen molar-refractivity contribution in [3.8, 4) is 0 Å². The van der Waals surface area contributed by atoms with Crippen LogP contribution in [0.4, 0.5) is 0 Å². The molecule has 0 aliphatic carbocycles. The fourth-order valence-corrected chi connectivity index (χ4v) is 4.79. The first kappa shape index (κ1) is 18.2. The third-order valence-electron chi connectivity index (χ3n) is 3.87. The predicted octanol–water partition coefficient (Wildman–Crippen LogP) is 2.23. The van der Waals surface area contributed by atoms with Gasteiger partial charge < -0.3 is 9.42 Å². The molecular weight excluding hydrogens is 389 g/mol. The van der Waals surface area contributed by atoms with Gasteiger partial charge in [0.05, 0.1) is 22.8 Å². The van der Waals surface area contributed by atoms with Gasteiger partial charge in [-0.25, -0.2) is 13.1 Å². The first-order chi connectivity index (χ1) is 11.9. The molecule has 7 nitrogen and oxygen atoms in total. The average Bonchev–Trinajstić information content (AvgIpc) is 3.01. The fraction of sp³-hybridized carbons (Fsp3) is 0.333. The summed E-state index contributed by atoms with van der Waals surface area (Å²) in [6, 6.07) is 4.44. The maximum absolute atomic E-state index is 12.3. The number of sulfonamides is 1. The molecule has 1 aromatic heterocycles. The van der Waals surface area contributed by atoms with E-state index in [1.54, 1.807) is 17.2 Å². The van der Waals surface area contributed by atoms with Gasteiger partial charge in [-0.1, -0.05) is 34.4 Å². The van der Waals surface area contributed by atoms with Crippen LogP contribution < -0.4 is 4.72 Å². The molecule has 1 aliphatic rings. The maximum atomic E-state index is 12.3. The number of nitrogens with zero attached hydrogens (tertiary/aromatic N) is 2. The molecule has 1 aliphatic heterocycles. The summed E-state index contributed by atoms with van der Waals surface area (Å²) < 4.78 is 32.1.